The Morgan fingerprint density at radius 2 is 2.11 bits per heavy atom. The zero-order chi connectivity index (χ0) is 12.5. The second kappa shape index (κ2) is 7.67. The standard InChI is InChI=1S/C13H25N3O.2ClH/c1-10(16(3)11-4-5-11)8-15-12(17)13(2)6-7-14-9-13;;/h10-11,14H,4-9H2,1-3H3,(H,15,17);2*1H. The van der Waals surface area contributed by atoms with Crippen LogP contribution in [-0.4, -0.2) is 49.6 Å². The Kier molecular flexibility index (Phi) is 7.66. The Bertz CT molecular complexity index is 292. The molecule has 1 aliphatic carbocycles. The van der Waals surface area contributed by atoms with Crippen LogP contribution in [0.1, 0.15) is 33.1 Å². The summed E-state index contributed by atoms with van der Waals surface area (Å²) in [5, 5.41) is 6.37. The van der Waals surface area contributed by atoms with Gasteiger partial charge in [-0.2, -0.15) is 0 Å². The lowest BCUT2D eigenvalue weighted by atomic mass is 9.89. The van der Waals surface area contributed by atoms with Crippen molar-refractivity contribution in [1.82, 2.24) is 15.5 Å². The van der Waals surface area contributed by atoms with E-state index in [1.165, 1.54) is 12.8 Å². The molecule has 0 spiro atoms. The van der Waals surface area contributed by atoms with Crippen LogP contribution >= 0.6 is 24.8 Å². The molecule has 2 aliphatic rings. The third-order valence-corrected chi connectivity index (χ3v) is 4.29. The Hall–Kier alpha value is -0.0300. The first-order valence-electron chi connectivity index (χ1n) is 6.74. The number of hydrogen-bond donors (Lipinski definition) is 2. The van der Waals surface area contributed by atoms with Crippen LogP contribution in [0.25, 0.3) is 0 Å². The van der Waals surface area contributed by atoms with Gasteiger partial charge in [-0.05, 0) is 46.7 Å². The normalized spacial score (nSPS) is 27.4. The van der Waals surface area contributed by atoms with Crippen molar-refractivity contribution in [1.29, 1.82) is 0 Å². The third kappa shape index (κ3) is 4.78. The SMILES string of the molecule is CC(CNC(=O)C1(C)CCNC1)N(C)C1CC1.Cl.Cl. The van der Waals surface area contributed by atoms with Crippen molar-refractivity contribution >= 4 is 30.7 Å². The summed E-state index contributed by atoms with van der Waals surface area (Å²) in [6.07, 6.45) is 3.58. The number of likely N-dealkylation sites (N-methyl/N-ethyl adjacent to an activating group) is 1. The van der Waals surface area contributed by atoms with Gasteiger partial charge in [-0.25, -0.2) is 0 Å². The molecule has 2 atom stereocenters. The minimum Gasteiger partial charge on any atom is -0.354 e. The summed E-state index contributed by atoms with van der Waals surface area (Å²) < 4.78 is 0. The van der Waals surface area contributed by atoms with Crippen LogP contribution in [0.2, 0.25) is 0 Å². The second-order valence-corrected chi connectivity index (χ2v) is 5.94. The first kappa shape index (κ1) is 19.0. The van der Waals surface area contributed by atoms with Crippen molar-refractivity contribution in [2.24, 2.45) is 5.41 Å². The Labute approximate surface area is 128 Å². The van der Waals surface area contributed by atoms with E-state index in [0.29, 0.717) is 6.04 Å². The molecule has 2 N–H and O–H groups in total. The Morgan fingerprint density at radius 3 is 2.58 bits per heavy atom. The van der Waals surface area contributed by atoms with E-state index >= 15 is 0 Å². The number of amides is 1. The summed E-state index contributed by atoms with van der Waals surface area (Å²) in [5.74, 6) is 0.207. The fourth-order valence-corrected chi connectivity index (χ4v) is 2.45. The van der Waals surface area contributed by atoms with Crippen LogP contribution in [0, 0.1) is 5.41 Å². The summed E-state index contributed by atoms with van der Waals surface area (Å²) in [5.41, 5.74) is -0.197. The van der Waals surface area contributed by atoms with Crippen LogP contribution in [0.4, 0.5) is 0 Å². The minimum atomic E-state index is -0.197. The van der Waals surface area contributed by atoms with E-state index in [9.17, 15) is 4.79 Å². The van der Waals surface area contributed by atoms with E-state index in [4.69, 9.17) is 0 Å². The molecule has 6 heteroatoms. The number of nitrogens with zero attached hydrogens (tertiary/aromatic N) is 1. The highest BCUT2D eigenvalue weighted by atomic mass is 35.5. The first-order valence-corrected chi connectivity index (χ1v) is 6.74. The maximum atomic E-state index is 12.1. The summed E-state index contributed by atoms with van der Waals surface area (Å²) in [4.78, 5) is 14.5. The maximum Gasteiger partial charge on any atom is 0.227 e. The molecule has 114 valence electrons. The van der Waals surface area contributed by atoms with Crippen LogP contribution in [0.15, 0.2) is 0 Å². The lowest BCUT2D eigenvalue weighted by Crippen LogP contribution is -2.46. The fraction of sp³-hybridized carbons (Fsp3) is 0.923. The molecule has 0 aromatic rings. The molecule has 19 heavy (non-hydrogen) atoms. The number of halogens is 2. The molecule has 1 saturated carbocycles. The summed E-state index contributed by atoms with van der Waals surface area (Å²) in [7, 11) is 2.16. The lowest BCUT2D eigenvalue weighted by molar-refractivity contribution is -0.129. The number of hydrogen-bond acceptors (Lipinski definition) is 3. The highest BCUT2D eigenvalue weighted by molar-refractivity contribution is 5.85. The van der Waals surface area contributed by atoms with E-state index < -0.39 is 0 Å². The van der Waals surface area contributed by atoms with E-state index in [-0.39, 0.29) is 36.1 Å². The van der Waals surface area contributed by atoms with Crippen molar-refractivity contribution in [3.63, 3.8) is 0 Å². The fourth-order valence-electron chi connectivity index (χ4n) is 2.45. The molecule has 2 unspecified atom stereocenters. The van der Waals surface area contributed by atoms with Gasteiger partial charge in [0.05, 0.1) is 5.41 Å². The molecule has 2 rings (SSSR count). The average Bonchev–Trinajstić information content (AvgIpc) is 3.07. The van der Waals surface area contributed by atoms with Crippen LogP contribution < -0.4 is 10.6 Å². The first-order chi connectivity index (χ1) is 8.03. The smallest absolute Gasteiger partial charge is 0.227 e. The maximum absolute atomic E-state index is 12.1. The topological polar surface area (TPSA) is 44.4 Å². The quantitative estimate of drug-likeness (QED) is 0.807. The van der Waals surface area contributed by atoms with Crippen molar-refractivity contribution < 1.29 is 4.79 Å². The number of rotatable bonds is 5. The van der Waals surface area contributed by atoms with Gasteiger partial charge in [-0.1, -0.05) is 0 Å². The van der Waals surface area contributed by atoms with Crippen molar-refractivity contribution in [2.45, 2.75) is 45.2 Å². The molecular weight excluding hydrogens is 285 g/mol. The van der Waals surface area contributed by atoms with E-state index in [2.05, 4.69) is 36.4 Å². The van der Waals surface area contributed by atoms with Gasteiger partial charge in [0.2, 0.25) is 5.91 Å². The molecule has 4 nitrogen and oxygen atoms in total. The van der Waals surface area contributed by atoms with Crippen molar-refractivity contribution in [3.05, 3.63) is 0 Å². The summed E-state index contributed by atoms with van der Waals surface area (Å²) >= 11 is 0. The molecule has 2 fully saturated rings. The second-order valence-electron chi connectivity index (χ2n) is 5.94. The van der Waals surface area contributed by atoms with Crippen molar-refractivity contribution in [2.75, 3.05) is 26.7 Å². The van der Waals surface area contributed by atoms with Gasteiger partial charge >= 0.3 is 0 Å². The molecule has 1 aliphatic heterocycles. The zero-order valence-electron chi connectivity index (χ0n) is 12.1. The monoisotopic (exact) mass is 311 g/mol. The van der Waals surface area contributed by atoms with Crippen molar-refractivity contribution in [3.8, 4) is 0 Å². The number of carbonyl (C=O) groups excluding carboxylic acids is 1. The molecule has 1 amide bonds. The minimum absolute atomic E-state index is 0. The number of nitrogens with one attached hydrogen (secondary N) is 2. The number of carbonyl (C=O) groups is 1. The highest BCUT2D eigenvalue weighted by Crippen LogP contribution is 2.27. The molecular formula is C13H27Cl2N3O. The van der Waals surface area contributed by atoms with Crippen LogP contribution in [-0.2, 0) is 4.79 Å². The van der Waals surface area contributed by atoms with Gasteiger partial charge in [0.25, 0.3) is 0 Å². The third-order valence-electron chi connectivity index (χ3n) is 4.29. The Balaban J connectivity index is 0.00000162. The molecule has 0 aromatic heterocycles. The van der Waals surface area contributed by atoms with E-state index in [1.807, 2.05) is 0 Å². The van der Waals surface area contributed by atoms with Gasteiger partial charge in [-0.3, -0.25) is 9.69 Å². The predicted octanol–water partition coefficient (Wildman–Crippen LogP) is 1.43. The highest BCUT2D eigenvalue weighted by Gasteiger charge is 2.36. The molecule has 1 saturated heterocycles. The molecule has 0 bridgehead atoms. The largest absolute Gasteiger partial charge is 0.354 e. The molecule has 1 heterocycles. The lowest BCUT2D eigenvalue weighted by Gasteiger charge is -2.27. The average molecular weight is 312 g/mol. The van der Waals surface area contributed by atoms with Gasteiger partial charge in [-0.15, -0.1) is 24.8 Å². The molecule has 0 radical (unpaired) electrons. The predicted molar refractivity (Wildman–Crippen MR) is 83.3 cm³/mol. The summed E-state index contributed by atoms with van der Waals surface area (Å²) in [6.45, 7) is 6.78. The van der Waals surface area contributed by atoms with Gasteiger partial charge in [0, 0.05) is 25.2 Å². The Morgan fingerprint density at radius 1 is 1.47 bits per heavy atom. The van der Waals surface area contributed by atoms with Crippen LogP contribution in [0.3, 0.4) is 0 Å². The van der Waals surface area contributed by atoms with Crippen LogP contribution in [0.5, 0.6) is 0 Å². The van der Waals surface area contributed by atoms with E-state index in [0.717, 1.165) is 32.1 Å². The zero-order valence-corrected chi connectivity index (χ0v) is 13.7. The van der Waals surface area contributed by atoms with Gasteiger partial charge < -0.3 is 10.6 Å². The van der Waals surface area contributed by atoms with Gasteiger partial charge in [0.1, 0.15) is 0 Å². The van der Waals surface area contributed by atoms with Gasteiger partial charge in [0.15, 0.2) is 0 Å². The van der Waals surface area contributed by atoms with E-state index in [1.54, 1.807) is 0 Å². The summed E-state index contributed by atoms with van der Waals surface area (Å²) in [6, 6.07) is 1.19. The molecule has 0 aromatic carbocycles.